The number of rotatable bonds is 5. The molecule has 4 unspecified atom stereocenters. The van der Waals surface area contributed by atoms with Crippen molar-refractivity contribution >= 4 is 35.5 Å². The van der Waals surface area contributed by atoms with Crippen LogP contribution in [0.5, 0.6) is 0 Å². The smallest absolute Gasteiger partial charge is 0.480 e. The Labute approximate surface area is 182 Å². The fourth-order valence-electron chi connectivity index (χ4n) is 3.43. The van der Waals surface area contributed by atoms with E-state index in [1.807, 2.05) is 0 Å². The van der Waals surface area contributed by atoms with E-state index in [0.29, 0.717) is 5.56 Å². The Bertz CT molecular complexity index is 787. The van der Waals surface area contributed by atoms with Crippen LogP contribution in [0.15, 0.2) is 30.3 Å². The van der Waals surface area contributed by atoms with E-state index in [4.69, 9.17) is 0 Å². The van der Waals surface area contributed by atoms with E-state index in [-0.39, 0.29) is 29.6 Å². The predicted octanol–water partition coefficient (Wildman–Crippen LogP) is -2.51. The third-order valence-electron chi connectivity index (χ3n) is 4.61. The van der Waals surface area contributed by atoms with Crippen LogP contribution < -0.4 is 34.9 Å². The Morgan fingerprint density at radius 3 is 2.30 bits per heavy atom. The van der Waals surface area contributed by atoms with Gasteiger partial charge in [0.25, 0.3) is 0 Å². The maximum absolute atomic E-state index is 12.5. The first-order valence-electron chi connectivity index (χ1n) is 7.96. The van der Waals surface area contributed by atoms with Gasteiger partial charge in [-0.1, -0.05) is 30.3 Å². The molecule has 27 heavy (non-hydrogen) atoms. The van der Waals surface area contributed by atoms with Crippen LogP contribution in [0, 0.1) is 0 Å². The van der Waals surface area contributed by atoms with Crippen LogP contribution in [-0.4, -0.2) is 61.1 Å². The molecule has 3 N–H and O–H groups in total. The van der Waals surface area contributed by atoms with Crippen molar-refractivity contribution in [3.8, 4) is 0 Å². The Kier molecular flexibility index (Phi) is 6.30. The number of β-lactam (4-membered cyclic amide) rings is 1. The summed E-state index contributed by atoms with van der Waals surface area (Å²) in [5.74, 6) is -5.16. The molecule has 0 bridgehead atoms. The first kappa shape index (κ1) is 21.7. The van der Waals surface area contributed by atoms with Gasteiger partial charge in [0.2, 0.25) is 11.8 Å². The Hall–Kier alpha value is -1.55. The molecule has 0 spiro atoms. The van der Waals surface area contributed by atoms with Crippen molar-refractivity contribution in [1.29, 1.82) is 0 Å². The second-order valence-electron chi connectivity index (χ2n) is 6.77. The Morgan fingerprint density at radius 2 is 1.78 bits per heavy atom. The maximum Gasteiger partial charge on any atom is 1.00 e. The van der Waals surface area contributed by atoms with Gasteiger partial charge in [-0.05, 0) is 19.4 Å². The number of fused-ring (bicyclic) bond motifs is 1. The molecule has 2 saturated heterocycles. The van der Waals surface area contributed by atoms with Gasteiger partial charge in [-0.15, -0.1) is 11.8 Å². The SMILES string of the molecule is CC1(C)SC2C(NC(=O)C(C(=O)O)c3ccccc3)C(=O)N2C1C(=O)O.[Na+]. The zero-order valence-corrected chi connectivity index (χ0v) is 17.9. The maximum atomic E-state index is 12.5. The quantitative estimate of drug-likeness (QED) is 0.283. The van der Waals surface area contributed by atoms with Crippen molar-refractivity contribution in [3.63, 3.8) is 0 Å². The van der Waals surface area contributed by atoms with Crippen LogP contribution in [0.3, 0.4) is 0 Å². The van der Waals surface area contributed by atoms with Crippen molar-refractivity contribution in [2.45, 2.75) is 42.0 Å². The number of thioether (sulfide) groups is 1. The van der Waals surface area contributed by atoms with E-state index < -0.39 is 51.9 Å². The van der Waals surface area contributed by atoms with Gasteiger partial charge in [0.15, 0.2) is 5.92 Å². The number of carbonyl (C=O) groups excluding carboxylic acids is 2. The Morgan fingerprint density at radius 1 is 1.19 bits per heavy atom. The van der Waals surface area contributed by atoms with E-state index >= 15 is 0 Å². The molecular weight excluding hydrogens is 383 g/mol. The van der Waals surface area contributed by atoms with Crippen LogP contribution >= 0.6 is 11.8 Å². The summed E-state index contributed by atoms with van der Waals surface area (Å²) in [5, 5.41) is 20.8. The monoisotopic (exact) mass is 401 g/mol. The number of carbonyl (C=O) groups is 4. The third kappa shape index (κ3) is 3.73. The van der Waals surface area contributed by atoms with Gasteiger partial charge in [-0.2, -0.15) is 0 Å². The summed E-state index contributed by atoms with van der Waals surface area (Å²) < 4.78 is -0.711. The van der Waals surface area contributed by atoms with E-state index in [2.05, 4.69) is 5.32 Å². The predicted molar refractivity (Wildman–Crippen MR) is 92.5 cm³/mol. The number of nitrogens with zero attached hydrogens (tertiary/aromatic N) is 1. The van der Waals surface area contributed by atoms with Crippen LogP contribution in [0.4, 0.5) is 0 Å². The Balaban J connectivity index is 0.00000261. The van der Waals surface area contributed by atoms with E-state index in [9.17, 15) is 29.4 Å². The summed E-state index contributed by atoms with van der Waals surface area (Å²) in [5.41, 5.74) is 0.309. The van der Waals surface area contributed by atoms with Gasteiger partial charge >= 0.3 is 41.5 Å². The number of carboxylic acid groups (broad SMARTS) is 2. The number of aliphatic carboxylic acids is 2. The van der Waals surface area contributed by atoms with Crippen LogP contribution in [0.25, 0.3) is 0 Å². The largest absolute Gasteiger partial charge is 1.00 e. The van der Waals surface area contributed by atoms with Crippen molar-refractivity contribution in [3.05, 3.63) is 35.9 Å². The van der Waals surface area contributed by atoms with Crippen molar-refractivity contribution in [1.82, 2.24) is 10.2 Å². The molecule has 10 heteroatoms. The number of benzene rings is 1. The second-order valence-corrected chi connectivity index (χ2v) is 8.54. The summed E-state index contributed by atoms with van der Waals surface area (Å²) >= 11 is 1.29. The van der Waals surface area contributed by atoms with Gasteiger partial charge in [-0.25, -0.2) is 4.79 Å². The van der Waals surface area contributed by atoms with E-state index in [1.165, 1.54) is 28.8 Å². The van der Waals surface area contributed by atoms with E-state index in [1.54, 1.807) is 32.0 Å². The standard InChI is InChI=1S/C17H18N2O6S.Na/c1-17(2)11(16(24)25)19-13(21)10(14(19)26-17)18-12(20)9(15(22)23)8-6-4-3-5-7-8;/h3-7,9-11,14H,1-2H3,(H,18,20)(H,22,23)(H,24,25);/q;+1. The van der Waals surface area contributed by atoms with Gasteiger partial charge in [0.05, 0.1) is 0 Å². The first-order valence-corrected chi connectivity index (χ1v) is 8.84. The zero-order valence-electron chi connectivity index (χ0n) is 15.1. The molecule has 3 rings (SSSR count). The molecule has 2 heterocycles. The number of carboxylic acids is 2. The van der Waals surface area contributed by atoms with Gasteiger partial charge < -0.3 is 20.4 Å². The molecule has 0 saturated carbocycles. The van der Waals surface area contributed by atoms with Crippen molar-refractivity contribution in [2.24, 2.45) is 0 Å². The first-order chi connectivity index (χ1) is 12.1. The van der Waals surface area contributed by atoms with Crippen LogP contribution in [0.2, 0.25) is 0 Å². The van der Waals surface area contributed by atoms with Crippen molar-refractivity contribution < 1.29 is 58.9 Å². The molecule has 2 aliphatic rings. The molecular formula is C17H18N2NaO6S+. The molecule has 0 radical (unpaired) electrons. The van der Waals surface area contributed by atoms with Gasteiger partial charge in [-0.3, -0.25) is 14.4 Å². The molecule has 4 atom stereocenters. The molecule has 1 aromatic carbocycles. The zero-order chi connectivity index (χ0) is 19.2. The molecule has 2 amide bonds. The molecule has 0 aromatic heterocycles. The number of amides is 2. The summed E-state index contributed by atoms with van der Waals surface area (Å²) in [7, 11) is 0. The minimum Gasteiger partial charge on any atom is -0.480 e. The van der Waals surface area contributed by atoms with Crippen molar-refractivity contribution in [2.75, 3.05) is 0 Å². The molecule has 1 aromatic rings. The fourth-order valence-corrected chi connectivity index (χ4v) is 5.06. The van der Waals surface area contributed by atoms with Crippen LogP contribution in [-0.2, 0) is 19.2 Å². The van der Waals surface area contributed by atoms with Gasteiger partial charge in [0, 0.05) is 4.75 Å². The third-order valence-corrected chi connectivity index (χ3v) is 6.19. The molecule has 2 aliphatic heterocycles. The summed E-state index contributed by atoms with van der Waals surface area (Å²) in [6.07, 6.45) is 0. The van der Waals surface area contributed by atoms with Crippen LogP contribution in [0.1, 0.15) is 25.3 Å². The summed E-state index contributed by atoms with van der Waals surface area (Å²) in [4.78, 5) is 49.2. The van der Waals surface area contributed by atoms with Gasteiger partial charge in [0.1, 0.15) is 17.5 Å². The molecule has 2 fully saturated rings. The average molecular weight is 401 g/mol. The molecule has 138 valence electrons. The molecule has 8 nitrogen and oxygen atoms in total. The summed E-state index contributed by atoms with van der Waals surface area (Å²) in [6, 6.07) is 6.10. The number of nitrogens with one attached hydrogen (secondary N) is 1. The second kappa shape index (κ2) is 7.83. The average Bonchev–Trinajstić information content (AvgIpc) is 2.82. The summed E-state index contributed by atoms with van der Waals surface area (Å²) in [6.45, 7) is 3.45. The van der Waals surface area contributed by atoms with E-state index in [0.717, 1.165) is 0 Å². The number of hydrogen-bond donors (Lipinski definition) is 3. The molecule has 0 aliphatic carbocycles. The minimum absolute atomic E-state index is 0. The number of hydrogen-bond acceptors (Lipinski definition) is 5. The fraction of sp³-hybridized carbons (Fsp3) is 0.412. The minimum atomic E-state index is -1.44. The topological polar surface area (TPSA) is 124 Å². The normalized spacial score (nSPS) is 26.2.